The molecular formula is C58H54B2N4O2S. The molecule has 67 heavy (non-hydrogen) atoms. The second-order valence-electron chi connectivity index (χ2n) is 22.8. The maximum Gasteiger partial charge on any atom is 0.271 e. The van der Waals surface area contributed by atoms with E-state index < -0.39 is 0 Å². The Kier molecular flexibility index (Phi) is 8.34. The molecular weight excluding hydrogens is 838 g/mol. The maximum absolute atomic E-state index is 7.44. The van der Waals surface area contributed by atoms with Crippen LogP contribution in [0.2, 0.25) is 0 Å². The van der Waals surface area contributed by atoms with Gasteiger partial charge in [0.05, 0.1) is 11.4 Å². The predicted octanol–water partition coefficient (Wildman–Crippen LogP) is 11.4. The summed E-state index contributed by atoms with van der Waals surface area (Å²) < 4.78 is 17.0. The van der Waals surface area contributed by atoms with Gasteiger partial charge in [-0.1, -0.05) is 136 Å². The van der Waals surface area contributed by atoms with Gasteiger partial charge in [-0.05, 0) is 100 Å². The Hall–Kier alpha value is -6.31. The van der Waals surface area contributed by atoms with Gasteiger partial charge in [0.1, 0.15) is 11.5 Å². The molecule has 9 heteroatoms. The van der Waals surface area contributed by atoms with Crippen LogP contribution in [0.5, 0.6) is 23.3 Å². The van der Waals surface area contributed by atoms with E-state index in [1.807, 2.05) is 11.3 Å². The summed E-state index contributed by atoms with van der Waals surface area (Å²) >= 11 is 1.85. The standard InChI is InChI=1S/C58H54B2N4O2S/c1-55(2,3)45-31-42-48-53(61-45)66-51-37(26-25-36-47(51)58(9,10)28-27-57(36,7)8)59(48)38-29-39-41(30-40(38)63(42)33-19-13-11-14-20-33)64(34-21-15-12-16-22-34)43-32-46(56(4,5)6)62-54-49(43)60(39)52-50(65-54)35-23-17-18-24-44(35)67-52/h11-26,29-32H,27-28H2,1-10H3. The smallest absolute Gasteiger partial charge is 0.271 e. The van der Waals surface area contributed by atoms with Crippen LogP contribution in [0, 0.1) is 0 Å². The molecule has 8 aromatic rings. The normalized spacial score (nSPS) is 16.7. The SMILES string of the molecule is CC(C)(C)c1cc2c3c(n1)Oc1c(ccc4c1C(C)(C)CCC4(C)C)B3c1cc3c(cc1N2c1ccccc1)N(c1ccccc1)c1cc(C(C)(C)C)nc2c1B3c1sc3ccccc3c1O2. The number of benzene rings is 5. The molecule has 0 saturated carbocycles. The summed E-state index contributed by atoms with van der Waals surface area (Å²) in [5.74, 6) is 3.32. The molecule has 5 aromatic carbocycles. The number of pyridine rings is 2. The Bertz CT molecular complexity index is 3420. The summed E-state index contributed by atoms with van der Waals surface area (Å²) in [6.07, 6.45) is 2.21. The highest BCUT2D eigenvalue weighted by molar-refractivity contribution is 7.33. The lowest BCUT2D eigenvalue weighted by Gasteiger charge is -2.46. The minimum absolute atomic E-state index is 0.0148. The lowest BCUT2D eigenvalue weighted by molar-refractivity contribution is 0.319. The van der Waals surface area contributed by atoms with Crippen LogP contribution in [0.25, 0.3) is 10.1 Å². The average molecular weight is 893 g/mol. The van der Waals surface area contributed by atoms with Crippen LogP contribution < -0.4 is 51.4 Å². The molecule has 0 bridgehead atoms. The fraction of sp³-hybridized carbons (Fsp3) is 0.276. The number of ether oxygens (including phenoxy) is 2. The molecule has 13 rings (SSSR count). The van der Waals surface area contributed by atoms with Gasteiger partial charge in [0.2, 0.25) is 11.8 Å². The molecule has 1 aliphatic carbocycles. The van der Waals surface area contributed by atoms with Crippen molar-refractivity contribution < 1.29 is 9.47 Å². The third kappa shape index (κ3) is 5.82. The first-order chi connectivity index (χ1) is 32.0. The zero-order valence-electron chi connectivity index (χ0n) is 40.1. The summed E-state index contributed by atoms with van der Waals surface area (Å²) in [5.41, 5.74) is 16.8. The van der Waals surface area contributed by atoms with Gasteiger partial charge in [0.25, 0.3) is 13.4 Å². The van der Waals surface area contributed by atoms with E-state index in [1.165, 1.54) is 37.0 Å². The fourth-order valence-corrected chi connectivity index (χ4v) is 13.1. The number of fused-ring (bicyclic) bond motifs is 12. The first-order valence-corrected chi connectivity index (χ1v) is 24.8. The zero-order chi connectivity index (χ0) is 46.1. The van der Waals surface area contributed by atoms with Gasteiger partial charge in [0, 0.05) is 76.3 Å². The Balaban J connectivity index is 1.18. The highest BCUT2D eigenvalue weighted by Gasteiger charge is 2.51. The van der Waals surface area contributed by atoms with Gasteiger partial charge in [-0.15, -0.1) is 11.3 Å². The molecule has 0 unspecified atom stereocenters. The summed E-state index contributed by atoms with van der Waals surface area (Å²) in [7, 11) is 0. The number of hydrogen-bond acceptors (Lipinski definition) is 7. The molecule has 7 heterocycles. The zero-order valence-corrected chi connectivity index (χ0v) is 40.9. The number of para-hydroxylation sites is 2. The number of hydrogen-bond donors (Lipinski definition) is 0. The topological polar surface area (TPSA) is 50.7 Å². The van der Waals surface area contributed by atoms with Crippen molar-refractivity contribution in [2.45, 2.75) is 104 Å². The van der Waals surface area contributed by atoms with Gasteiger partial charge in [-0.2, -0.15) is 0 Å². The fourth-order valence-electron chi connectivity index (χ4n) is 11.8. The molecule has 0 N–H and O–H groups in total. The van der Waals surface area contributed by atoms with Gasteiger partial charge in [-0.25, -0.2) is 9.97 Å². The van der Waals surface area contributed by atoms with E-state index in [0.717, 1.165) is 86.2 Å². The summed E-state index contributed by atoms with van der Waals surface area (Å²) in [6, 6.07) is 45.0. The Morgan fingerprint density at radius 2 is 1.06 bits per heavy atom. The van der Waals surface area contributed by atoms with Gasteiger partial charge < -0.3 is 19.3 Å². The Labute approximate surface area is 399 Å². The molecule has 5 aliphatic rings. The van der Waals surface area contributed by atoms with E-state index in [2.05, 4.69) is 200 Å². The maximum atomic E-state index is 7.44. The molecule has 330 valence electrons. The van der Waals surface area contributed by atoms with Crippen LogP contribution >= 0.6 is 11.3 Å². The first kappa shape index (κ1) is 40.9. The Morgan fingerprint density at radius 3 is 1.66 bits per heavy atom. The number of anilines is 6. The van der Waals surface area contributed by atoms with Crippen molar-refractivity contribution in [3.05, 3.63) is 144 Å². The van der Waals surface area contributed by atoms with E-state index in [-0.39, 0.29) is 35.1 Å². The van der Waals surface area contributed by atoms with Crippen LogP contribution in [0.15, 0.2) is 121 Å². The second-order valence-corrected chi connectivity index (χ2v) is 23.9. The predicted molar refractivity (Wildman–Crippen MR) is 282 cm³/mol. The van der Waals surface area contributed by atoms with E-state index in [4.69, 9.17) is 19.4 Å². The second kappa shape index (κ2) is 13.7. The third-order valence-corrected chi connectivity index (χ3v) is 16.6. The van der Waals surface area contributed by atoms with Gasteiger partial charge in [-0.3, -0.25) is 0 Å². The summed E-state index contributed by atoms with van der Waals surface area (Å²) in [4.78, 5) is 15.9. The molecule has 0 atom stereocenters. The van der Waals surface area contributed by atoms with Crippen molar-refractivity contribution in [3.8, 4) is 23.3 Å². The van der Waals surface area contributed by atoms with E-state index >= 15 is 0 Å². The highest BCUT2D eigenvalue weighted by Crippen LogP contribution is 2.52. The molecule has 0 saturated heterocycles. The highest BCUT2D eigenvalue weighted by atomic mass is 32.1. The number of nitrogens with zero attached hydrogens (tertiary/aromatic N) is 4. The van der Waals surface area contributed by atoms with Crippen molar-refractivity contribution >= 4 is 101 Å². The van der Waals surface area contributed by atoms with E-state index in [9.17, 15) is 0 Å². The lowest BCUT2D eigenvalue weighted by Crippen LogP contribution is -2.64. The molecule has 6 nitrogen and oxygen atoms in total. The Morgan fingerprint density at radius 1 is 0.537 bits per heavy atom. The number of thiophene rings is 1. The lowest BCUT2D eigenvalue weighted by atomic mass is 9.32. The van der Waals surface area contributed by atoms with Crippen molar-refractivity contribution in [1.29, 1.82) is 0 Å². The van der Waals surface area contributed by atoms with Gasteiger partial charge >= 0.3 is 0 Å². The van der Waals surface area contributed by atoms with E-state index in [0.29, 0.717) is 11.8 Å². The van der Waals surface area contributed by atoms with Crippen LogP contribution in [0.3, 0.4) is 0 Å². The largest absolute Gasteiger partial charge is 0.440 e. The number of aromatic nitrogens is 2. The van der Waals surface area contributed by atoms with Crippen LogP contribution in [-0.4, -0.2) is 23.4 Å². The summed E-state index contributed by atoms with van der Waals surface area (Å²) in [5, 5.41) is 1.13. The van der Waals surface area contributed by atoms with Crippen molar-refractivity contribution in [3.63, 3.8) is 0 Å². The molecule has 0 spiro atoms. The summed E-state index contributed by atoms with van der Waals surface area (Å²) in [6.45, 7) is 22.9. The molecule has 0 radical (unpaired) electrons. The quantitative estimate of drug-likeness (QED) is 0.161. The molecule has 3 aromatic heterocycles. The van der Waals surface area contributed by atoms with Crippen LogP contribution in [-0.2, 0) is 21.7 Å². The van der Waals surface area contributed by atoms with Crippen LogP contribution in [0.4, 0.5) is 34.1 Å². The van der Waals surface area contributed by atoms with Crippen molar-refractivity contribution in [2.24, 2.45) is 0 Å². The minimum Gasteiger partial charge on any atom is -0.440 e. The van der Waals surface area contributed by atoms with Crippen molar-refractivity contribution in [1.82, 2.24) is 9.97 Å². The van der Waals surface area contributed by atoms with Crippen molar-refractivity contribution in [2.75, 3.05) is 9.80 Å². The van der Waals surface area contributed by atoms with Crippen LogP contribution in [0.1, 0.15) is 105 Å². The molecule has 4 aliphatic heterocycles. The third-order valence-electron chi connectivity index (χ3n) is 15.4. The monoisotopic (exact) mass is 892 g/mol. The van der Waals surface area contributed by atoms with Gasteiger partial charge in [0.15, 0.2) is 0 Å². The average Bonchev–Trinajstić information content (AvgIpc) is 3.67. The minimum atomic E-state index is -0.240. The van der Waals surface area contributed by atoms with E-state index in [1.54, 1.807) is 0 Å². The first-order valence-electron chi connectivity index (χ1n) is 24.0. The molecule has 0 amide bonds. The molecule has 0 fully saturated rings. The number of rotatable bonds is 2.